The fourth-order valence-electron chi connectivity index (χ4n) is 2.97. The van der Waals surface area contributed by atoms with Gasteiger partial charge in [0.15, 0.2) is 17.1 Å². The van der Waals surface area contributed by atoms with Crippen LogP contribution in [0.4, 0.5) is 4.39 Å². The Bertz CT molecular complexity index is 1310. The van der Waals surface area contributed by atoms with Crippen molar-refractivity contribution in [1.29, 1.82) is 0 Å². The molecule has 1 aliphatic rings. The Morgan fingerprint density at radius 1 is 1.10 bits per heavy atom. The van der Waals surface area contributed by atoms with Crippen molar-refractivity contribution in [3.05, 3.63) is 76.7 Å². The van der Waals surface area contributed by atoms with Crippen molar-refractivity contribution in [3.63, 3.8) is 0 Å². The van der Waals surface area contributed by atoms with Crippen molar-refractivity contribution in [2.75, 3.05) is 12.2 Å². The van der Waals surface area contributed by atoms with E-state index in [1.807, 2.05) is 0 Å². The van der Waals surface area contributed by atoms with Crippen LogP contribution in [0.3, 0.4) is 0 Å². The molecule has 0 atom stereocenters. The first kappa shape index (κ1) is 16.9. The normalized spacial score (nSPS) is 12.3. The van der Waals surface area contributed by atoms with E-state index < -0.39 is 11.5 Å². The predicted octanol–water partition coefficient (Wildman–Crippen LogP) is 1.83. The molecule has 0 saturated heterocycles. The zero-order valence-corrected chi connectivity index (χ0v) is 14.7. The van der Waals surface area contributed by atoms with Crippen LogP contribution in [0.15, 0.2) is 59.8 Å². The largest absolute Gasteiger partial charge is 0.454 e. The van der Waals surface area contributed by atoms with Crippen LogP contribution >= 0.6 is 0 Å². The summed E-state index contributed by atoms with van der Waals surface area (Å²) in [4.78, 5) is 29.5. The molecule has 0 fully saturated rings. The molecule has 0 saturated carbocycles. The van der Waals surface area contributed by atoms with Gasteiger partial charge in [-0.15, -0.1) is 0 Å². The third kappa shape index (κ3) is 2.87. The van der Waals surface area contributed by atoms with E-state index in [1.54, 1.807) is 12.1 Å². The third-order valence-corrected chi connectivity index (χ3v) is 4.42. The first-order valence-electron chi connectivity index (χ1n) is 8.52. The maximum absolute atomic E-state index is 13.1. The Hall–Kier alpha value is -4.21. The first-order valence-corrected chi connectivity index (χ1v) is 8.52. The number of hydrogen-bond donors (Lipinski definition) is 1. The molecule has 10 heteroatoms. The van der Waals surface area contributed by atoms with E-state index in [0.717, 1.165) is 4.68 Å². The van der Waals surface area contributed by atoms with Gasteiger partial charge in [0.1, 0.15) is 17.5 Å². The zero-order chi connectivity index (χ0) is 20.0. The second-order valence-electron chi connectivity index (χ2n) is 6.20. The Kier molecular flexibility index (Phi) is 3.76. The van der Waals surface area contributed by atoms with E-state index in [1.165, 1.54) is 47.5 Å². The Balaban J connectivity index is 1.47. The maximum Gasteiger partial charge on any atom is 0.283 e. The van der Waals surface area contributed by atoms with Crippen LogP contribution in [0.2, 0.25) is 0 Å². The third-order valence-electron chi connectivity index (χ3n) is 4.42. The topological polar surface area (TPSA) is 100 Å². The van der Waals surface area contributed by atoms with E-state index in [2.05, 4.69) is 15.5 Å². The summed E-state index contributed by atoms with van der Waals surface area (Å²) >= 11 is 0. The summed E-state index contributed by atoms with van der Waals surface area (Å²) in [5.74, 6) is 0.110. The van der Waals surface area contributed by atoms with Crippen molar-refractivity contribution in [3.8, 4) is 17.2 Å². The van der Waals surface area contributed by atoms with Crippen molar-refractivity contribution in [1.82, 2.24) is 19.4 Å². The standard InChI is InChI=1S/C19H12FN5O4/c20-12-2-4-13(5-3-12)25-17-14(8-22-25)19(27)24(9-21-17)23-18(26)11-1-6-15-16(7-11)29-10-28-15/h1-9H,10H2,(H,23,26). The van der Waals surface area contributed by atoms with E-state index in [-0.39, 0.29) is 23.6 Å². The molecule has 4 aromatic rings. The number of benzene rings is 2. The molecule has 1 N–H and O–H groups in total. The van der Waals surface area contributed by atoms with E-state index in [4.69, 9.17) is 9.47 Å². The van der Waals surface area contributed by atoms with E-state index in [9.17, 15) is 14.0 Å². The van der Waals surface area contributed by atoms with Gasteiger partial charge in [-0.05, 0) is 42.5 Å². The molecule has 9 nitrogen and oxygen atoms in total. The average Bonchev–Trinajstić information content (AvgIpc) is 3.37. The number of halogens is 1. The molecule has 5 rings (SSSR count). The van der Waals surface area contributed by atoms with Gasteiger partial charge in [-0.2, -0.15) is 5.10 Å². The molecular formula is C19H12FN5O4. The lowest BCUT2D eigenvalue weighted by Gasteiger charge is -2.08. The molecule has 2 aromatic heterocycles. The van der Waals surface area contributed by atoms with Crippen molar-refractivity contribution >= 4 is 16.9 Å². The highest BCUT2D eigenvalue weighted by atomic mass is 19.1. The van der Waals surface area contributed by atoms with Crippen molar-refractivity contribution in [2.24, 2.45) is 0 Å². The number of rotatable bonds is 3. The molecule has 0 aliphatic carbocycles. The van der Waals surface area contributed by atoms with Gasteiger partial charge < -0.3 is 9.47 Å². The van der Waals surface area contributed by atoms with Gasteiger partial charge in [0.25, 0.3) is 11.5 Å². The van der Waals surface area contributed by atoms with Gasteiger partial charge in [-0.3, -0.25) is 15.0 Å². The molecular weight excluding hydrogens is 381 g/mol. The number of carbonyl (C=O) groups is 1. The lowest BCUT2D eigenvalue weighted by Crippen LogP contribution is -2.33. The maximum atomic E-state index is 13.1. The van der Waals surface area contributed by atoms with Crippen LogP contribution in [0.5, 0.6) is 11.5 Å². The number of nitrogens with one attached hydrogen (secondary N) is 1. The lowest BCUT2D eigenvalue weighted by atomic mass is 10.2. The molecule has 0 spiro atoms. The number of hydrogen-bond acceptors (Lipinski definition) is 6. The van der Waals surface area contributed by atoms with Crippen LogP contribution in [-0.2, 0) is 0 Å². The molecule has 3 heterocycles. The molecule has 0 bridgehead atoms. The second-order valence-corrected chi connectivity index (χ2v) is 6.20. The first-order chi connectivity index (χ1) is 14.1. The van der Waals surface area contributed by atoms with Gasteiger partial charge in [0, 0.05) is 5.56 Å². The van der Waals surface area contributed by atoms with Gasteiger partial charge in [0.05, 0.1) is 11.9 Å². The number of aromatic nitrogens is 4. The summed E-state index contributed by atoms with van der Waals surface area (Å²) in [6.45, 7) is 0.0957. The van der Waals surface area contributed by atoms with Gasteiger partial charge in [0.2, 0.25) is 6.79 Å². The Morgan fingerprint density at radius 2 is 1.90 bits per heavy atom. The SMILES string of the molecule is O=C(Nn1cnc2c(cnn2-c2ccc(F)cc2)c1=O)c1ccc2c(c1)OCO2. The molecule has 0 unspecified atom stereocenters. The highest BCUT2D eigenvalue weighted by molar-refractivity contribution is 6.00. The quantitative estimate of drug-likeness (QED) is 0.570. The molecule has 144 valence electrons. The van der Waals surface area contributed by atoms with E-state index in [0.29, 0.717) is 22.7 Å². The van der Waals surface area contributed by atoms with E-state index >= 15 is 0 Å². The average molecular weight is 393 g/mol. The Labute approximate surface area is 161 Å². The lowest BCUT2D eigenvalue weighted by molar-refractivity contribution is 0.101. The summed E-state index contributed by atoms with van der Waals surface area (Å²) in [5, 5.41) is 4.35. The van der Waals surface area contributed by atoms with Crippen LogP contribution in [0.25, 0.3) is 16.7 Å². The van der Waals surface area contributed by atoms with Crippen LogP contribution in [-0.4, -0.2) is 32.1 Å². The van der Waals surface area contributed by atoms with Crippen molar-refractivity contribution in [2.45, 2.75) is 0 Å². The molecule has 29 heavy (non-hydrogen) atoms. The minimum Gasteiger partial charge on any atom is -0.454 e. The van der Waals surface area contributed by atoms with Gasteiger partial charge >= 0.3 is 0 Å². The molecule has 0 radical (unpaired) electrons. The fraction of sp³-hybridized carbons (Fsp3) is 0.0526. The van der Waals surface area contributed by atoms with Crippen LogP contribution < -0.4 is 20.5 Å². The minimum atomic E-state index is -0.516. The van der Waals surface area contributed by atoms with Crippen molar-refractivity contribution < 1.29 is 18.7 Å². The summed E-state index contributed by atoms with van der Waals surface area (Å²) < 4.78 is 26.0. The molecule has 2 aromatic carbocycles. The predicted molar refractivity (Wildman–Crippen MR) is 99.3 cm³/mol. The number of carbonyl (C=O) groups excluding carboxylic acids is 1. The molecule has 1 aliphatic heterocycles. The fourth-order valence-corrected chi connectivity index (χ4v) is 2.97. The van der Waals surface area contributed by atoms with Crippen LogP contribution in [0, 0.1) is 5.82 Å². The second kappa shape index (κ2) is 6.44. The number of amides is 1. The Morgan fingerprint density at radius 3 is 2.72 bits per heavy atom. The summed E-state index contributed by atoms with van der Waals surface area (Å²) in [6, 6.07) is 10.3. The smallest absolute Gasteiger partial charge is 0.283 e. The monoisotopic (exact) mass is 393 g/mol. The number of ether oxygens (including phenoxy) is 2. The van der Waals surface area contributed by atoms with Gasteiger partial charge in [-0.25, -0.2) is 18.7 Å². The number of fused-ring (bicyclic) bond motifs is 2. The number of nitrogens with zero attached hydrogens (tertiary/aromatic N) is 4. The van der Waals surface area contributed by atoms with Gasteiger partial charge in [-0.1, -0.05) is 0 Å². The summed E-state index contributed by atoms with van der Waals surface area (Å²) in [5.41, 5.74) is 3.12. The highest BCUT2D eigenvalue weighted by Gasteiger charge is 2.18. The molecule has 1 amide bonds. The summed E-state index contributed by atoms with van der Waals surface area (Å²) in [7, 11) is 0. The summed E-state index contributed by atoms with van der Waals surface area (Å²) in [6.07, 6.45) is 2.54. The van der Waals surface area contributed by atoms with Crippen LogP contribution in [0.1, 0.15) is 10.4 Å². The highest BCUT2D eigenvalue weighted by Crippen LogP contribution is 2.32. The zero-order valence-electron chi connectivity index (χ0n) is 14.7. The minimum absolute atomic E-state index is 0.0957.